The molecule has 38 heavy (non-hydrogen) atoms. The molecule has 5 aromatic carbocycles. The SMILES string of the molecule is CCOc1ccc(CCc2ccc(N(c3ccc(C)cc3)c3ccc(-c4ccc(C)cc4)cc3)cc2)cc1. The van der Waals surface area contributed by atoms with Gasteiger partial charge in [0.25, 0.3) is 0 Å². The smallest absolute Gasteiger partial charge is 0.119 e. The van der Waals surface area contributed by atoms with E-state index in [1.54, 1.807) is 0 Å². The van der Waals surface area contributed by atoms with Gasteiger partial charge in [-0.1, -0.05) is 83.9 Å². The Balaban J connectivity index is 1.37. The highest BCUT2D eigenvalue weighted by Crippen LogP contribution is 2.36. The van der Waals surface area contributed by atoms with Gasteiger partial charge in [0.2, 0.25) is 0 Å². The summed E-state index contributed by atoms with van der Waals surface area (Å²) in [4.78, 5) is 2.33. The minimum atomic E-state index is 0.697. The monoisotopic (exact) mass is 497 g/mol. The zero-order valence-electron chi connectivity index (χ0n) is 22.5. The highest BCUT2D eigenvalue weighted by Gasteiger charge is 2.13. The highest BCUT2D eigenvalue weighted by atomic mass is 16.5. The summed E-state index contributed by atoms with van der Waals surface area (Å²) in [5, 5.41) is 0. The first-order chi connectivity index (χ1) is 18.6. The molecule has 190 valence electrons. The first-order valence-corrected chi connectivity index (χ1v) is 13.4. The fourth-order valence-electron chi connectivity index (χ4n) is 4.71. The molecule has 0 aliphatic carbocycles. The fraction of sp³-hybridized carbons (Fsp3) is 0.167. The average molecular weight is 498 g/mol. The molecule has 2 nitrogen and oxygen atoms in total. The Hall–Kier alpha value is -4.30. The summed E-state index contributed by atoms with van der Waals surface area (Å²) in [5.74, 6) is 0.934. The van der Waals surface area contributed by atoms with E-state index in [0.29, 0.717) is 6.61 Å². The Bertz CT molecular complexity index is 1430. The van der Waals surface area contributed by atoms with Crippen molar-refractivity contribution in [2.45, 2.75) is 33.6 Å². The number of nitrogens with zero attached hydrogens (tertiary/aromatic N) is 1. The summed E-state index contributed by atoms with van der Waals surface area (Å²) in [6.07, 6.45) is 2.01. The average Bonchev–Trinajstić information content (AvgIpc) is 2.96. The molecule has 5 rings (SSSR count). The van der Waals surface area contributed by atoms with Gasteiger partial charge in [-0.2, -0.15) is 0 Å². The van der Waals surface area contributed by atoms with E-state index in [4.69, 9.17) is 4.74 Å². The molecule has 0 radical (unpaired) electrons. The molecule has 0 amide bonds. The molecular weight excluding hydrogens is 462 g/mol. The lowest BCUT2D eigenvalue weighted by atomic mass is 10.0. The molecule has 0 bridgehead atoms. The van der Waals surface area contributed by atoms with Crippen molar-refractivity contribution in [2.75, 3.05) is 11.5 Å². The maximum Gasteiger partial charge on any atom is 0.119 e. The lowest BCUT2D eigenvalue weighted by Gasteiger charge is -2.26. The third-order valence-corrected chi connectivity index (χ3v) is 6.93. The number of benzene rings is 5. The number of ether oxygens (including phenoxy) is 1. The van der Waals surface area contributed by atoms with Crippen LogP contribution < -0.4 is 9.64 Å². The van der Waals surface area contributed by atoms with E-state index in [2.05, 4.69) is 140 Å². The van der Waals surface area contributed by atoms with Crippen LogP contribution in [0.25, 0.3) is 11.1 Å². The van der Waals surface area contributed by atoms with Crippen molar-refractivity contribution in [3.05, 3.63) is 144 Å². The van der Waals surface area contributed by atoms with Gasteiger partial charge in [-0.3, -0.25) is 0 Å². The molecule has 0 aliphatic rings. The van der Waals surface area contributed by atoms with Crippen molar-refractivity contribution < 1.29 is 4.74 Å². The van der Waals surface area contributed by atoms with E-state index in [0.717, 1.165) is 35.7 Å². The normalized spacial score (nSPS) is 10.8. The molecule has 0 saturated heterocycles. The van der Waals surface area contributed by atoms with E-state index < -0.39 is 0 Å². The summed E-state index contributed by atoms with van der Waals surface area (Å²) in [7, 11) is 0. The van der Waals surface area contributed by atoms with Gasteiger partial charge in [-0.05, 0) is 104 Å². The molecule has 0 spiro atoms. The molecule has 0 aromatic heterocycles. The molecule has 0 aliphatic heterocycles. The van der Waals surface area contributed by atoms with Gasteiger partial charge < -0.3 is 9.64 Å². The molecule has 0 N–H and O–H groups in total. The largest absolute Gasteiger partial charge is 0.494 e. The van der Waals surface area contributed by atoms with Gasteiger partial charge >= 0.3 is 0 Å². The molecular formula is C36H35NO. The molecule has 5 aromatic rings. The number of rotatable bonds is 9. The predicted molar refractivity (Wildman–Crippen MR) is 161 cm³/mol. The van der Waals surface area contributed by atoms with Gasteiger partial charge in [0.05, 0.1) is 6.61 Å². The quantitative estimate of drug-likeness (QED) is 0.201. The Labute approximate surface area is 227 Å². The van der Waals surface area contributed by atoms with Crippen LogP contribution >= 0.6 is 0 Å². The van der Waals surface area contributed by atoms with Gasteiger partial charge in [0.1, 0.15) is 5.75 Å². The van der Waals surface area contributed by atoms with Crippen LogP contribution in [0.5, 0.6) is 5.75 Å². The molecule has 0 unspecified atom stereocenters. The molecule has 2 heteroatoms. The fourth-order valence-corrected chi connectivity index (χ4v) is 4.71. The minimum absolute atomic E-state index is 0.697. The maximum absolute atomic E-state index is 5.57. The van der Waals surface area contributed by atoms with Gasteiger partial charge in [-0.15, -0.1) is 0 Å². The van der Waals surface area contributed by atoms with Crippen LogP contribution in [0.15, 0.2) is 121 Å². The highest BCUT2D eigenvalue weighted by molar-refractivity contribution is 5.78. The van der Waals surface area contributed by atoms with Crippen LogP contribution in [0.2, 0.25) is 0 Å². The predicted octanol–water partition coefficient (Wildman–Crippen LogP) is 9.62. The summed E-state index contributed by atoms with van der Waals surface area (Å²) in [6, 6.07) is 43.8. The second-order valence-corrected chi connectivity index (χ2v) is 9.83. The van der Waals surface area contributed by atoms with Crippen LogP contribution in [0, 0.1) is 13.8 Å². The van der Waals surface area contributed by atoms with Crippen molar-refractivity contribution in [2.24, 2.45) is 0 Å². The van der Waals surface area contributed by atoms with Gasteiger partial charge in [0, 0.05) is 17.1 Å². The number of anilines is 3. The maximum atomic E-state index is 5.57. The minimum Gasteiger partial charge on any atom is -0.494 e. The van der Waals surface area contributed by atoms with Gasteiger partial charge in [0.15, 0.2) is 0 Å². The molecule has 0 saturated carbocycles. The lowest BCUT2D eigenvalue weighted by molar-refractivity contribution is 0.340. The lowest BCUT2D eigenvalue weighted by Crippen LogP contribution is -2.10. The third kappa shape index (κ3) is 6.15. The van der Waals surface area contributed by atoms with Crippen molar-refractivity contribution >= 4 is 17.1 Å². The summed E-state index contributed by atoms with van der Waals surface area (Å²) < 4.78 is 5.57. The Morgan fingerprint density at radius 1 is 0.474 bits per heavy atom. The number of hydrogen-bond acceptors (Lipinski definition) is 2. The van der Waals surface area contributed by atoms with Crippen LogP contribution in [0.3, 0.4) is 0 Å². The van der Waals surface area contributed by atoms with Crippen molar-refractivity contribution in [3.63, 3.8) is 0 Å². The van der Waals surface area contributed by atoms with Crippen LogP contribution in [-0.2, 0) is 12.8 Å². The summed E-state index contributed by atoms with van der Waals surface area (Å²) in [6.45, 7) is 6.96. The first-order valence-electron chi connectivity index (χ1n) is 13.4. The Morgan fingerprint density at radius 3 is 1.32 bits per heavy atom. The standard InChI is InChI=1S/C36H35NO/c1-4-38-36-25-13-30(14-26-36)10-9-29-11-21-34(22-12-29)37(33-19-7-28(3)8-20-33)35-23-17-32(18-24-35)31-15-5-27(2)6-16-31/h5-8,11-26H,4,9-10H2,1-3H3. The van der Waals surface area contributed by atoms with Crippen LogP contribution in [0.4, 0.5) is 17.1 Å². The van der Waals surface area contributed by atoms with Crippen molar-refractivity contribution in [1.82, 2.24) is 0 Å². The number of hydrogen-bond donors (Lipinski definition) is 0. The second kappa shape index (κ2) is 11.8. The Kier molecular flexibility index (Phi) is 7.89. The van der Waals surface area contributed by atoms with Crippen molar-refractivity contribution in [1.29, 1.82) is 0 Å². The van der Waals surface area contributed by atoms with E-state index in [1.807, 2.05) is 6.92 Å². The van der Waals surface area contributed by atoms with E-state index in [9.17, 15) is 0 Å². The van der Waals surface area contributed by atoms with Gasteiger partial charge in [-0.25, -0.2) is 0 Å². The van der Waals surface area contributed by atoms with Crippen LogP contribution in [0.1, 0.15) is 29.2 Å². The Morgan fingerprint density at radius 2 is 0.842 bits per heavy atom. The molecule has 0 atom stereocenters. The third-order valence-electron chi connectivity index (χ3n) is 6.93. The summed E-state index contributed by atoms with van der Waals surface area (Å²) in [5.41, 5.74) is 11.1. The zero-order chi connectivity index (χ0) is 26.3. The van der Waals surface area contributed by atoms with E-state index in [-0.39, 0.29) is 0 Å². The van der Waals surface area contributed by atoms with E-state index in [1.165, 1.54) is 33.4 Å². The van der Waals surface area contributed by atoms with Crippen LogP contribution in [-0.4, -0.2) is 6.61 Å². The van der Waals surface area contributed by atoms with E-state index >= 15 is 0 Å². The summed E-state index contributed by atoms with van der Waals surface area (Å²) >= 11 is 0. The molecule has 0 heterocycles. The zero-order valence-corrected chi connectivity index (χ0v) is 22.5. The second-order valence-electron chi connectivity index (χ2n) is 9.83. The van der Waals surface area contributed by atoms with Crippen molar-refractivity contribution in [3.8, 4) is 16.9 Å². The first kappa shape index (κ1) is 25.4. The molecule has 0 fully saturated rings. The topological polar surface area (TPSA) is 12.5 Å². The number of aryl methyl sites for hydroxylation is 4.